The molecule has 0 saturated heterocycles. The van der Waals surface area contributed by atoms with Gasteiger partial charge in [0.1, 0.15) is 0 Å². The topological polar surface area (TPSA) is 12.0 Å². The van der Waals surface area contributed by atoms with Crippen LogP contribution in [0.15, 0.2) is 0 Å². The van der Waals surface area contributed by atoms with Crippen molar-refractivity contribution in [3.05, 3.63) is 0 Å². The van der Waals surface area contributed by atoms with Crippen LogP contribution in [0.3, 0.4) is 0 Å². The molecular formula is C17H37N. The minimum Gasteiger partial charge on any atom is -0.314 e. The van der Waals surface area contributed by atoms with E-state index in [4.69, 9.17) is 0 Å². The Bertz CT molecular complexity index is 176. The van der Waals surface area contributed by atoms with E-state index in [9.17, 15) is 0 Å². The van der Waals surface area contributed by atoms with Crippen molar-refractivity contribution in [3.63, 3.8) is 0 Å². The first-order valence-electron chi connectivity index (χ1n) is 8.30. The summed E-state index contributed by atoms with van der Waals surface area (Å²) in [7, 11) is 0. The van der Waals surface area contributed by atoms with E-state index >= 15 is 0 Å². The van der Waals surface area contributed by atoms with Crippen molar-refractivity contribution in [2.24, 2.45) is 17.8 Å². The van der Waals surface area contributed by atoms with Crippen LogP contribution in [0.25, 0.3) is 0 Å². The van der Waals surface area contributed by atoms with Crippen LogP contribution < -0.4 is 5.32 Å². The summed E-state index contributed by atoms with van der Waals surface area (Å²) < 4.78 is 0. The molecule has 0 bridgehead atoms. The van der Waals surface area contributed by atoms with Crippen molar-refractivity contribution >= 4 is 0 Å². The number of unbranched alkanes of at least 4 members (excludes halogenated alkanes) is 1. The first-order chi connectivity index (χ1) is 8.56. The molecule has 0 amide bonds. The van der Waals surface area contributed by atoms with E-state index in [0.717, 1.165) is 24.3 Å². The third-order valence-corrected chi connectivity index (χ3v) is 4.36. The highest BCUT2D eigenvalue weighted by atomic mass is 14.9. The average Bonchev–Trinajstić information content (AvgIpc) is 2.35. The Morgan fingerprint density at radius 1 is 0.944 bits per heavy atom. The van der Waals surface area contributed by atoms with Gasteiger partial charge < -0.3 is 5.32 Å². The van der Waals surface area contributed by atoms with Crippen molar-refractivity contribution in [1.29, 1.82) is 0 Å². The fourth-order valence-electron chi connectivity index (χ4n) is 2.94. The average molecular weight is 255 g/mol. The molecular weight excluding hydrogens is 218 g/mol. The van der Waals surface area contributed by atoms with Crippen LogP contribution in [0.1, 0.15) is 80.1 Å². The standard InChI is InChI=1S/C17H37N/c1-7-10-11-16(9-3)13-17(14(4)5)15(6)18-12-8-2/h14-18H,7-13H2,1-6H3. The molecule has 0 heterocycles. The minimum absolute atomic E-state index is 0.667. The molecule has 0 saturated carbocycles. The van der Waals surface area contributed by atoms with Gasteiger partial charge in [0.05, 0.1) is 0 Å². The smallest absolute Gasteiger partial charge is 0.00695 e. The molecule has 1 heteroatoms. The zero-order chi connectivity index (χ0) is 14.0. The summed E-state index contributed by atoms with van der Waals surface area (Å²) in [5.74, 6) is 2.56. The molecule has 18 heavy (non-hydrogen) atoms. The van der Waals surface area contributed by atoms with E-state index in [1.54, 1.807) is 0 Å². The van der Waals surface area contributed by atoms with E-state index in [1.807, 2.05) is 0 Å². The second kappa shape index (κ2) is 10.8. The molecule has 0 aliphatic rings. The van der Waals surface area contributed by atoms with E-state index in [-0.39, 0.29) is 0 Å². The number of hydrogen-bond donors (Lipinski definition) is 1. The molecule has 0 fully saturated rings. The maximum Gasteiger partial charge on any atom is 0.00695 e. The van der Waals surface area contributed by atoms with Crippen molar-refractivity contribution in [1.82, 2.24) is 5.32 Å². The Labute approximate surface area is 116 Å². The quantitative estimate of drug-likeness (QED) is 0.531. The highest BCUT2D eigenvalue weighted by Gasteiger charge is 2.23. The van der Waals surface area contributed by atoms with Crippen molar-refractivity contribution < 1.29 is 0 Å². The lowest BCUT2D eigenvalue weighted by molar-refractivity contribution is 0.223. The van der Waals surface area contributed by atoms with E-state index in [1.165, 1.54) is 38.5 Å². The lowest BCUT2D eigenvalue weighted by atomic mass is 9.79. The molecule has 0 aromatic rings. The van der Waals surface area contributed by atoms with E-state index in [2.05, 4.69) is 46.9 Å². The van der Waals surface area contributed by atoms with Crippen molar-refractivity contribution in [3.8, 4) is 0 Å². The largest absolute Gasteiger partial charge is 0.314 e. The number of rotatable bonds is 11. The fourth-order valence-corrected chi connectivity index (χ4v) is 2.94. The maximum atomic E-state index is 3.70. The summed E-state index contributed by atoms with van der Waals surface area (Å²) in [6.45, 7) is 15.2. The van der Waals surface area contributed by atoms with Crippen LogP contribution in [-0.4, -0.2) is 12.6 Å². The van der Waals surface area contributed by atoms with Crippen LogP contribution in [0.2, 0.25) is 0 Å². The molecule has 0 aliphatic heterocycles. The van der Waals surface area contributed by atoms with Gasteiger partial charge in [-0.15, -0.1) is 0 Å². The maximum absolute atomic E-state index is 3.70. The first-order valence-corrected chi connectivity index (χ1v) is 8.30. The van der Waals surface area contributed by atoms with Gasteiger partial charge in [0.25, 0.3) is 0 Å². The molecule has 3 atom stereocenters. The zero-order valence-electron chi connectivity index (χ0n) is 13.8. The van der Waals surface area contributed by atoms with Gasteiger partial charge in [0, 0.05) is 6.04 Å². The number of hydrogen-bond acceptors (Lipinski definition) is 1. The predicted molar refractivity (Wildman–Crippen MR) is 84.0 cm³/mol. The fraction of sp³-hybridized carbons (Fsp3) is 1.00. The Kier molecular flexibility index (Phi) is 10.8. The SMILES string of the molecule is CCCCC(CC)CC(C(C)C)C(C)NCCC. The van der Waals surface area contributed by atoms with Crippen LogP contribution >= 0.6 is 0 Å². The summed E-state index contributed by atoms with van der Waals surface area (Å²) in [6, 6.07) is 0.667. The highest BCUT2D eigenvalue weighted by Crippen LogP contribution is 2.28. The third kappa shape index (κ3) is 7.41. The van der Waals surface area contributed by atoms with Gasteiger partial charge in [-0.05, 0) is 44.1 Å². The molecule has 0 spiro atoms. The molecule has 1 nitrogen and oxygen atoms in total. The summed E-state index contributed by atoms with van der Waals surface area (Å²) in [5, 5.41) is 3.70. The van der Waals surface area contributed by atoms with E-state index < -0.39 is 0 Å². The predicted octanol–water partition coefficient (Wildman–Crippen LogP) is 5.25. The van der Waals surface area contributed by atoms with Gasteiger partial charge in [0.2, 0.25) is 0 Å². The summed E-state index contributed by atoms with van der Waals surface area (Å²) in [6.07, 6.45) is 8.17. The van der Waals surface area contributed by atoms with Gasteiger partial charge in [-0.1, -0.05) is 60.3 Å². The Hall–Kier alpha value is -0.0400. The van der Waals surface area contributed by atoms with Crippen LogP contribution in [0.4, 0.5) is 0 Å². The highest BCUT2D eigenvalue weighted by molar-refractivity contribution is 4.77. The monoisotopic (exact) mass is 255 g/mol. The molecule has 0 radical (unpaired) electrons. The van der Waals surface area contributed by atoms with Gasteiger partial charge in [0.15, 0.2) is 0 Å². The lowest BCUT2D eigenvalue weighted by Crippen LogP contribution is -2.37. The van der Waals surface area contributed by atoms with Crippen molar-refractivity contribution in [2.45, 2.75) is 86.1 Å². The molecule has 1 N–H and O–H groups in total. The zero-order valence-corrected chi connectivity index (χ0v) is 13.8. The van der Waals surface area contributed by atoms with Gasteiger partial charge in [-0.3, -0.25) is 0 Å². The second-order valence-corrected chi connectivity index (χ2v) is 6.30. The van der Waals surface area contributed by atoms with Crippen LogP contribution in [-0.2, 0) is 0 Å². The Morgan fingerprint density at radius 3 is 2.06 bits per heavy atom. The first kappa shape index (κ1) is 18.0. The van der Waals surface area contributed by atoms with Crippen molar-refractivity contribution in [2.75, 3.05) is 6.54 Å². The molecule has 0 aliphatic carbocycles. The minimum atomic E-state index is 0.667. The van der Waals surface area contributed by atoms with Gasteiger partial charge in [-0.25, -0.2) is 0 Å². The van der Waals surface area contributed by atoms with Gasteiger partial charge >= 0.3 is 0 Å². The summed E-state index contributed by atoms with van der Waals surface area (Å²) in [4.78, 5) is 0. The normalized spacial score (nSPS) is 16.8. The molecule has 110 valence electrons. The molecule has 0 aromatic carbocycles. The Morgan fingerprint density at radius 2 is 1.61 bits per heavy atom. The number of nitrogens with one attached hydrogen (secondary N) is 1. The molecule has 3 unspecified atom stereocenters. The summed E-state index contributed by atoms with van der Waals surface area (Å²) >= 11 is 0. The third-order valence-electron chi connectivity index (χ3n) is 4.36. The second-order valence-electron chi connectivity index (χ2n) is 6.30. The molecule has 0 aromatic heterocycles. The lowest BCUT2D eigenvalue weighted by Gasteiger charge is -2.31. The van der Waals surface area contributed by atoms with Crippen LogP contribution in [0, 0.1) is 17.8 Å². The summed E-state index contributed by atoms with van der Waals surface area (Å²) in [5.41, 5.74) is 0. The molecule has 0 rings (SSSR count). The van der Waals surface area contributed by atoms with Gasteiger partial charge in [-0.2, -0.15) is 0 Å². The Balaban J connectivity index is 4.30. The van der Waals surface area contributed by atoms with Crippen LogP contribution in [0.5, 0.6) is 0 Å². The van der Waals surface area contributed by atoms with E-state index in [0.29, 0.717) is 6.04 Å².